The molecule has 0 aliphatic carbocycles. The zero-order valence-corrected chi connectivity index (χ0v) is 16.2. The van der Waals surface area contributed by atoms with Gasteiger partial charge < -0.3 is 14.7 Å². The summed E-state index contributed by atoms with van der Waals surface area (Å²) < 4.78 is 18.7. The van der Waals surface area contributed by atoms with Gasteiger partial charge in [-0.05, 0) is 48.4 Å². The Morgan fingerprint density at radius 2 is 1.89 bits per heavy atom. The predicted molar refractivity (Wildman–Crippen MR) is 103 cm³/mol. The van der Waals surface area contributed by atoms with Gasteiger partial charge in [0.05, 0.1) is 18.2 Å². The van der Waals surface area contributed by atoms with E-state index >= 15 is 0 Å². The van der Waals surface area contributed by atoms with Crippen LogP contribution in [0.5, 0.6) is 0 Å². The number of hydrogen-bond donors (Lipinski definition) is 1. The first-order chi connectivity index (χ1) is 13.3. The zero-order valence-electron chi connectivity index (χ0n) is 15.4. The molecular formula is C21H19ClFNO4. The highest BCUT2D eigenvalue weighted by atomic mass is 35.5. The average molecular weight is 404 g/mol. The van der Waals surface area contributed by atoms with Gasteiger partial charge in [-0.1, -0.05) is 23.7 Å². The van der Waals surface area contributed by atoms with Gasteiger partial charge in [0.2, 0.25) is 0 Å². The maximum Gasteiger partial charge on any atom is 0.295 e. The molecule has 0 bridgehead atoms. The van der Waals surface area contributed by atoms with Crippen molar-refractivity contribution in [3.63, 3.8) is 0 Å². The minimum atomic E-state index is -0.796. The van der Waals surface area contributed by atoms with Crippen LogP contribution in [0, 0.1) is 12.7 Å². The molecule has 146 valence electrons. The molecule has 0 saturated carbocycles. The molecule has 28 heavy (non-hydrogen) atoms. The molecule has 1 saturated heterocycles. The molecule has 1 aliphatic heterocycles. The van der Waals surface area contributed by atoms with Crippen LogP contribution in [0.3, 0.4) is 0 Å². The summed E-state index contributed by atoms with van der Waals surface area (Å²) in [5, 5.41) is 11.4. The van der Waals surface area contributed by atoms with Gasteiger partial charge in [0, 0.05) is 24.2 Å². The van der Waals surface area contributed by atoms with Crippen molar-refractivity contribution in [3.8, 4) is 0 Å². The van der Waals surface area contributed by atoms with Crippen LogP contribution in [0.4, 0.5) is 4.39 Å². The topological polar surface area (TPSA) is 66.8 Å². The van der Waals surface area contributed by atoms with Gasteiger partial charge in [-0.15, -0.1) is 0 Å². The first-order valence-electron chi connectivity index (χ1n) is 8.64. The highest BCUT2D eigenvalue weighted by molar-refractivity contribution is 6.46. The highest BCUT2D eigenvalue weighted by Crippen LogP contribution is 2.39. The quantitative estimate of drug-likeness (QED) is 0.467. The smallest absolute Gasteiger partial charge is 0.295 e. The maximum absolute atomic E-state index is 13.6. The Hall–Kier alpha value is -2.70. The summed E-state index contributed by atoms with van der Waals surface area (Å²) in [5.74, 6) is -2.29. The molecule has 2 aromatic rings. The van der Waals surface area contributed by atoms with Gasteiger partial charge in [0.25, 0.3) is 11.7 Å². The molecule has 1 fully saturated rings. The predicted octanol–water partition coefficient (Wildman–Crippen LogP) is 3.86. The number of ketones is 1. The first kappa shape index (κ1) is 20.0. The lowest BCUT2D eigenvalue weighted by Gasteiger charge is -2.25. The molecule has 1 unspecified atom stereocenters. The second-order valence-corrected chi connectivity index (χ2v) is 6.94. The summed E-state index contributed by atoms with van der Waals surface area (Å²) in [6, 6.07) is 9.92. The van der Waals surface area contributed by atoms with Crippen molar-refractivity contribution in [1.29, 1.82) is 0 Å². The van der Waals surface area contributed by atoms with E-state index in [0.717, 1.165) is 0 Å². The van der Waals surface area contributed by atoms with E-state index in [1.54, 1.807) is 31.2 Å². The fourth-order valence-electron chi connectivity index (χ4n) is 3.24. The van der Waals surface area contributed by atoms with Crippen LogP contribution < -0.4 is 0 Å². The number of carbonyl (C=O) groups is 2. The Bertz CT molecular complexity index is 955. The van der Waals surface area contributed by atoms with Crippen LogP contribution in [0.25, 0.3) is 5.76 Å². The lowest BCUT2D eigenvalue weighted by atomic mass is 9.95. The number of likely N-dealkylation sites (tertiary alicyclic amines) is 1. The van der Waals surface area contributed by atoms with E-state index in [9.17, 15) is 19.1 Å². The van der Waals surface area contributed by atoms with Crippen LogP contribution >= 0.6 is 11.6 Å². The Balaban J connectivity index is 2.17. The van der Waals surface area contributed by atoms with E-state index in [2.05, 4.69) is 0 Å². The van der Waals surface area contributed by atoms with Crippen LogP contribution in [0.15, 0.2) is 48.0 Å². The number of aryl methyl sites for hydroxylation is 1. The second-order valence-electron chi connectivity index (χ2n) is 6.50. The van der Waals surface area contributed by atoms with Gasteiger partial charge in [-0.25, -0.2) is 4.39 Å². The van der Waals surface area contributed by atoms with Gasteiger partial charge in [0.1, 0.15) is 11.6 Å². The highest BCUT2D eigenvalue weighted by Gasteiger charge is 2.45. The summed E-state index contributed by atoms with van der Waals surface area (Å²) in [7, 11) is 1.50. The SMILES string of the molecule is COCCN1C(=O)C(=O)/C(=C(\O)c2ccc(F)c(C)c2)C1c1ccc(Cl)cc1. The van der Waals surface area contributed by atoms with E-state index in [-0.39, 0.29) is 30.0 Å². The van der Waals surface area contributed by atoms with Crippen molar-refractivity contribution >= 4 is 29.1 Å². The first-order valence-corrected chi connectivity index (χ1v) is 9.02. The number of amides is 1. The Morgan fingerprint density at radius 3 is 2.50 bits per heavy atom. The van der Waals surface area contributed by atoms with Gasteiger partial charge >= 0.3 is 0 Å². The number of carbonyl (C=O) groups excluding carboxylic acids is 2. The minimum absolute atomic E-state index is 0.0468. The lowest BCUT2D eigenvalue weighted by Crippen LogP contribution is -2.32. The second kappa shape index (κ2) is 8.12. The summed E-state index contributed by atoms with van der Waals surface area (Å²) in [5.41, 5.74) is 1.16. The number of halogens is 2. The van der Waals surface area contributed by atoms with Crippen LogP contribution in [-0.2, 0) is 14.3 Å². The number of Topliss-reactive ketones (excluding diaryl/α,β-unsaturated/α-hetero) is 1. The fourth-order valence-corrected chi connectivity index (χ4v) is 3.37. The molecule has 0 aromatic heterocycles. The minimum Gasteiger partial charge on any atom is -0.507 e. The Labute approximate surface area is 167 Å². The molecular weight excluding hydrogens is 385 g/mol. The molecule has 1 heterocycles. The van der Waals surface area contributed by atoms with Crippen molar-refractivity contribution in [2.24, 2.45) is 0 Å². The molecule has 5 nitrogen and oxygen atoms in total. The number of aliphatic hydroxyl groups is 1. The molecule has 1 N–H and O–H groups in total. The number of aliphatic hydroxyl groups excluding tert-OH is 1. The van der Waals surface area contributed by atoms with Crippen molar-refractivity contribution in [2.45, 2.75) is 13.0 Å². The lowest BCUT2D eigenvalue weighted by molar-refractivity contribution is -0.140. The molecule has 0 radical (unpaired) electrons. The Morgan fingerprint density at radius 1 is 1.21 bits per heavy atom. The molecule has 1 amide bonds. The number of methoxy groups -OCH3 is 1. The van der Waals surface area contributed by atoms with E-state index in [1.165, 1.54) is 30.2 Å². The van der Waals surface area contributed by atoms with Gasteiger partial charge in [-0.2, -0.15) is 0 Å². The number of hydrogen-bond acceptors (Lipinski definition) is 4. The summed E-state index contributed by atoms with van der Waals surface area (Å²) in [6.07, 6.45) is 0. The van der Waals surface area contributed by atoms with E-state index in [1.807, 2.05) is 0 Å². The molecule has 1 atom stereocenters. The van der Waals surface area contributed by atoms with Crippen molar-refractivity contribution < 1.29 is 23.8 Å². The molecule has 2 aromatic carbocycles. The Kier molecular flexibility index (Phi) is 5.82. The van der Waals surface area contributed by atoms with Crippen molar-refractivity contribution in [3.05, 3.63) is 75.6 Å². The normalized spacial score (nSPS) is 18.7. The van der Waals surface area contributed by atoms with Crippen molar-refractivity contribution in [1.82, 2.24) is 4.90 Å². The standard InChI is InChI=1S/C21H19ClFNO4/c1-12-11-14(5-8-16(12)23)19(25)17-18(13-3-6-15(22)7-4-13)24(9-10-28-2)21(27)20(17)26/h3-8,11,18,25H,9-10H2,1-2H3/b19-17-. The summed E-state index contributed by atoms with van der Waals surface area (Å²) in [6.45, 7) is 1.96. The van der Waals surface area contributed by atoms with E-state index in [4.69, 9.17) is 16.3 Å². The summed E-state index contributed by atoms with van der Waals surface area (Å²) >= 11 is 5.96. The number of ether oxygens (including phenoxy) is 1. The van der Waals surface area contributed by atoms with E-state index in [0.29, 0.717) is 16.1 Å². The third-order valence-corrected chi connectivity index (χ3v) is 4.95. The third kappa shape index (κ3) is 3.66. The average Bonchev–Trinajstić information content (AvgIpc) is 2.93. The van der Waals surface area contributed by atoms with Gasteiger partial charge in [-0.3, -0.25) is 9.59 Å². The van der Waals surface area contributed by atoms with Crippen molar-refractivity contribution in [2.75, 3.05) is 20.3 Å². The molecule has 0 spiro atoms. The number of nitrogens with zero attached hydrogens (tertiary/aromatic N) is 1. The van der Waals surface area contributed by atoms with Crippen LogP contribution in [0.1, 0.15) is 22.7 Å². The van der Waals surface area contributed by atoms with Crippen LogP contribution in [0.2, 0.25) is 5.02 Å². The maximum atomic E-state index is 13.6. The monoisotopic (exact) mass is 403 g/mol. The molecule has 1 aliphatic rings. The third-order valence-electron chi connectivity index (χ3n) is 4.69. The zero-order chi connectivity index (χ0) is 20.4. The van der Waals surface area contributed by atoms with E-state index < -0.39 is 23.5 Å². The van der Waals surface area contributed by atoms with Gasteiger partial charge in [0.15, 0.2) is 0 Å². The largest absolute Gasteiger partial charge is 0.507 e. The summed E-state index contributed by atoms with van der Waals surface area (Å²) in [4.78, 5) is 26.7. The molecule has 3 rings (SSSR count). The molecule has 7 heteroatoms. The van der Waals surface area contributed by atoms with Crippen LogP contribution in [-0.4, -0.2) is 42.0 Å². The number of rotatable bonds is 5. The fraction of sp³-hybridized carbons (Fsp3) is 0.238. The number of benzene rings is 2.